The SMILES string of the molecule is CNC(C)c1cccc(F)c1SC1CCCC1. The molecular formula is C14H20FNS. The van der Waals surface area contributed by atoms with Crippen LogP contribution in [0.1, 0.15) is 44.2 Å². The first-order valence-electron chi connectivity index (χ1n) is 6.34. The van der Waals surface area contributed by atoms with Gasteiger partial charge < -0.3 is 5.32 Å². The van der Waals surface area contributed by atoms with Crippen molar-refractivity contribution < 1.29 is 4.39 Å². The van der Waals surface area contributed by atoms with Crippen LogP contribution in [0.25, 0.3) is 0 Å². The van der Waals surface area contributed by atoms with Gasteiger partial charge in [-0.25, -0.2) is 4.39 Å². The molecule has 17 heavy (non-hydrogen) atoms. The van der Waals surface area contributed by atoms with Crippen LogP contribution in [0.5, 0.6) is 0 Å². The Morgan fingerprint density at radius 2 is 2.06 bits per heavy atom. The maximum atomic E-state index is 14.0. The quantitative estimate of drug-likeness (QED) is 0.865. The van der Waals surface area contributed by atoms with Crippen molar-refractivity contribution in [3.05, 3.63) is 29.6 Å². The summed E-state index contributed by atoms with van der Waals surface area (Å²) in [6, 6.07) is 5.61. The summed E-state index contributed by atoms with van der Waals surface area (Å²) in [7, 11) is 1.92. The van der Waals surface area contributed by atoms with Crippen molar-refractivity contribution in [1.29, 1.82) is 0 Å². The van der Waals surface area contributed by atoms with E-state index >= 15 is 0 Å². The number of thioether (sulfide) groups is 1. The van der Waals surface area contributed by atoms with Crippen molar-refractivity contribution in [3.8, 4) is 0 Å². The van der Waals surface area contributed by atoms with Gasteiger partial charge >= 0.3 is 0 Å². The van der Waals surface area contributed by atoms with E-state index in [1.54, 1.807) is 23.9 Å². The number of benzene rings is 1. The van der Waals surface area contributed by atoms with E-state index in [2.05, 4.69) is 12.2 Å². The Labute approximate surface area is 107 Å². The molecule has 2 rings (SSSR count). The van der Waals surface area contributed by atoms with Crippen LogP contribution in [0.15, 0.2) is 23.1 Å². The van der Waals surface area contributed by atoms with Crippen molar-refractivity contribution in [2.24, 2.45) is 0 Å². The highest BCUT2D eigenvalue weighted by molar-refractivity contribution is 8.00. The van der Waals surface area contributed by atoms with Crippen LogP contribution < -0.4 is 5.32 Å². The summed E-state index contributed by atoms with van der Waals surface area (Å²) in [5, 5.41) is 3.80. The Bertz CT molecular complexity index is 374. The molecule has 1 N–H and O–H groups in total. The molecule has 1 saturated carbocycles. The second-order valence-electron chi connectivity index (χ2n) is 4.69. The molecule has 0 bridgehead atoms. The average Bonchev–Trinajstić information content (AvgIpc) is 2.83. The molecule has 0 amide bonds. The summed E-state index contributed by atoms with van der Waals surface area (Å²) >= 11 is 1.73. The first-order valence-corrected chi connectivity index (χ1v) is 7.22. The lowest BCUT2D eigenvalue weighted by molar-refractivity contribution is 0.575. The molecule has 0 spiro atoms. The topological polar surface area (TPSA) is 12.0 Å². The molecule has 94 valence electrons. The van der Waals surface area contributed by atoms with E-state index in [1.165, 1.54) is 25.7 Å². The van der Waals surface area contributed by atoms with Crippen LogP contribution in [0.2, 0.25) is 0 Å². The van der Waals surface area contributed by atoms with Gasteiger partial charge in [-0.05, 0) is 38.4 Å². The second-order valence-corrected chi connectivity index (χ2v) is 6.00. The maximum absolute atomic E-state index is 14.0. The van der Waals surface area contributed by atoms with E-state index in [1.807, 2.05) is 13.1 Å². The van der Waals surface area contributed by atoms with Crippen molar-refractivity contribution in [3.63, 3.8) is 0 Å². The molecule has 3 heteroatoms. The minimum Gasteiger partial charge on any atom is -0.313 e. The van der Waals surface area contributed by atoms with E-state index in [0.29, 0.717) is 5.25 Å². The lowest BCUT2D eigenvalue weighted by atomic mass is 10.1. The highest BCUT2D eigenvalue weighted by Crippen LogP contribution is 2.39. The predicted molar refractivity (Wildman–Crippen MR) is 72.0 cm³/mol. The summed E-state index contributed by atoms with van der Waals surface area (Å²) in [5.41, 5.74) is 1.09. The van der Waals surface area contributed by atoms with Crippen LogP contribution >= 0.6 is 11.8 Å². The molecule has 1 aromatic carbocycles. The fraction of sp³-hybridized carbons (Fsp3) is 0.571. The standard InChI is InChI=1S/C14H20FNS/c1-10(16-2)12-8-5-9-13(15)14(12)17-11-6-3-4-7-11/h5,8-11,16H,3-4,6-7H2,1-2H3. The van der Waals surface area contributed by atoms with Gasteiger partial charge in [-0.2, -0.15) is 0 Å². The minimum atomic E-state index is -0.0681. The van der Waals surface area contributed by atoms with E-state index in [0.717, 1.165) is 10.5 Å². The molecule has 1 aliphatic carbocycles. The van der Waals surface area contributed by atoms with Crippen LogP contribution in [0, 0.1) is 5.82 Å². The van der Waals surface area contributed by atoms with Crippen molar-refractivity contribution in [2.75, 3.05) is 7.05 Å². The van der Waals surface area contributed by atoms with Gasteiger partial charge in [-0.15, -0.1) is 11.8 Å². The van der Waals surface area contributed by atoms with Gasteiger partial charge in [-0.1, -0.05) is 25.0 Å². The Morgan fingerprint density at radius 3 is 2.71 bits per heavy atom. The third-order valence-corrected chi connectivity index (χ3v) is 4.95. The summed E-state index contributed by atoms with van der Waals surface area (Å²) in [4.78, 5) is 0.848. The van der Waals surface area contributed by atoms with E-state index < -0.39 is 0 Å². The number of nitrogens with one attached hydrogen (secondary N) is 1. The third-order valence-electron chi connectivity index (χ3n) is 3.48. The van der Waals surface area contributed by atoms with Crippen LogP contribution in [-0.2, 0) is 0 Å². The zero-order chi connectivity index (χ0) is 12.3. The highest BCUT2D eigenvalue weighted by atomic mass is 32.2. The second kappa shape index (κ2) is 5.87. The molecule has 0 radical (unpaired) electrons. The van der Waals surface area contributed by atoms with Crippen molar-refractivity contribution in [2.45, 2.75) is 48.8 Å². The Balaban J connectivity index is 2.23. The normalized spacial score (nSPS) is 18.5. The molecule has 1 atom stereocenters. The monoisotopic (exact) mass is 253 g/mol. The van der Waals surface area contributed by atoms with Gasteiger partial charge in [0.2, 0.25) is 0 Å². The van der Waals surface area contributed by atoms with Crippen molar-refractivity contribution in [1.82, 2.24) is 5.32 Å². The largest absolute Gasteiger partial charge is 0.313 e. The molecule has 0 aromatic heterocycles. The van der Waals surface area contributed by atoms with Crippen LogP contribution in [-0.4, -0.2) is 12.3 Å². The van der Waals surface area contributed by atoms with Gasteiger partial charge in [0.1, 0.15) is 5.82 Å². The lowest BCUT2D eigenvalue weighted by Gasteiger charge is -2.18. The Morgan fingerprint density at radius 1 is 1.35 bits per heavy atom. The van der Waals surface area contributed by atoms with Crippen LogP contribution in [0.3, 0.4) is 0 Å². The number of halogens is 1. The molecular weight excluding hydrogens is 233 g/mol. The van der Waals surface area contributed by atoms with E-state index in [-0.39, 0.29) is 11.9 Å². The zero-order valence-corrected chi connectivity index (χ0v) is 11.3. The molecule has 0 heterocycles. The summed E-state index contributed by atoms with van der Waals surface area (Å²) < 4.78 is 14.0. The summed E-state index contributed by atoms with van der Waals surface area (Å²) in [6.07, 6.45) is 5.05. The third kappa shape index (κ3) is 3.02. The van der Waals surface area contributed by atoms with Gasteiger partial charge in [-0.3, -0.25) is 0 Å². The van der Waals surface area contributed by atoms with Gasteiger partial charge in [0.25, 0.3) is 0 Å². The average molecular weight is 253 g/mol. The molecule has 1 aromatic rings. The lowest BCUT2D eigenvalue weighted by Crippen LogP contribution is -2.14. The highest BCUT2D eigenvalue weighted by Gasteiger charge is 2.21. The zero-order valence-electron chi connectivity index (χ0n) is 10.5. The van der Waals surface area contributed by atoms with E-state index in [4.69, 9.17) is 0 Å². The van der Waals surface area contributed by atoms with Gasteiger partial charge in [0.15, 0.2) is 0 Å². The Hall–Kier alpha value is -0.540. The van der Waals surface area contributed by atoms with Gasteiger partial charge in [0.05, 0.1) is 0 Å². The van der Waals surface area contributed by atoms with E-state index in [9.17, 15) is 4.39 Å². The Kier molecular flexibility index (Phi) is 4.46. The first-order chi connectivity index (χ1) is 8.22. The molecule has 0 saturated heterocycles. The smallest absolute Gasteiger partial charge is 0.137 e. The molecule has 1 unspecified atom stereocenters. The van der Waals surface area contributed by atoms with Crippen molar-refractivity contribution >= 4 is 11.8 Å². The molecule has 1 nitrogen and oxygen atoms in total. The number of hydrogen-bond acceptors (Lipinski definition) is 2. The predicted octanol–water partition coefficient (Wildman–Crippen LogP) is 4.14. The van der Waals surface area contributed by atoms with Crippen LogP contribution in [0.4, 0.5) is 4.39 Å². The molecule has 1 fully saturated rings. The summed E-state index contributed by atoms with van der Waals surface area (Å²) in [6.45, 7) is 2.08. The fourth-order valence-corrected chi connectivity index (χ4v) is 3.78. The number of hydrogen-bond donors (Lipinski definition) is 1. The fourth-order valence-electron chi connectivity index (χ4n) is 2.32. The minimum absolute atomic E-state index is 0.0681. The molecule has 0 aliphatic heterocycles. The molecule has 1 aliphatic rings. The first kappa shape index (κ1) is 12.9. The van der Waals surface area contributed by atoms with Gasteiger partial charge in [0, 0.05) is 16.2 Å². The summed E-state index contributed by atoms with van der Waals surface area (Å²) in [5.74, 6) is -0.0681. The maximum Gasteiger partial charge on any atom is 0.137 e. The number of rotatable bonds is 4.